The molecule has 5 rings (SSSR count). The molecule has 0 spiro atoms. The summed E-state index contributed by atoms with van der Waals surface area (Å²) in [5.74, 6) is 1.42. The van der Waals surface area contributed by atoms with Crippen LogP contribution < -0.4 is 15.4 Å². The molecule has 0 atom stereocenters. The molecule has 2 heterocycles. The number of rotatable bonds is 17. The Labute approximate surface area is 412 Å². The number of carbonyl (C=O) groups is 3. The average molecular weight is 1110 g/mol. The van der Waals surface area contributed by atoms with Crippen molar-refractivity contribution in [1.82, 2.24) is 9.97 Å². The van der Waals surface area contributed by atoms with Gasteiger partial charge in [0, 0.05) is 47.4 Å². The van der Waals surface area contributed by atoms with E-state index in [4.69, 9.17) is 47.3 Å². The molecule has 5 aromatic rings. The number of amides is 2. The number of benzene rings is 3. The predicted molar refractivity (Wildman–Crippen MR) is 270 cm³/mol. The van der Waals surface area contributed by atoms with Gasteiger partial charge >= 0.3 is 18.3 Å². The minimum Gasteiger partial charge on any atom is -0.448 e. The van der Waals surface area contributed by atoms with Crippen molar-refractivity contribution in [1.29, 1.82) is 0 Å². The van der Waals surface area contributed by atoms with Gasteiger partial charge in [-0.3, -0.25) is 20.7 Å². The fourth-order valence-electron chi connectivity index (χ4n) is 3.92. The van der Waals surface area contributed by atoms with Crippen LogP contribution in [0.1, 0.15) is 31.9 Å². The summed E-state index contributed by atoms with van der Waals surface area (Å²) in [5, 5.41) is 26.8. The summed E-state index contributed by atoms with van der Waals surface area (Å²) in [6.45, 7) is 6.61. The van der Waals surface area contributed by atoms with Gasteiger partial charge in [-0.1, -0.05) is 101 Å². The maximum absolute atomic E-state index is 11.9. The number of aliphatic hydroxyl groups excluding tert-OH is 1. The number of hydrogen-bond acceptors (Lipinski definition) is 16. The van der Waals surface area contributed by atoms with Crippen molar-refractivity contribution in [2.45, 2.75) is 44.0 Å². The molecule has 0 saturated carbocycles. The van der Waals surface area contributed by atoms with Gasteiger partial charge in [0.2, 0.25) is 0 Å². The van der Waals surface area contributed by atoms with Crippen LogP contribution >= 0.6 is 89.0 Å². The number of alkyl halides is 3. The molecule has 0 fully saturated rings. The molecule has 0 aliphatic carbocycles. The predicted octanol–water partition coefficient (Wildman–Crippen LogP) is 13.1. The normalized spacial score (nSPS) is 9.61. The smallest absolute Gasteiger partial charge is 0.448 e. The Balaban J connectivity index is 0.000000585. The Kier molecular flexibility index (Phi) is 34.5. The number of nitro benzene ring substituents is 1. The zero-order chi connectivity index (χ0) is 47.2. The highest BCUT2D eigenvalue weighted by Crippen LogP contribution is 2.29. The number of aliphatic hydroxyl groups is 1. The monoisotopic (exact) mass is 1110 g/mol. The standard InChI is InChI=1S/C22H19N3O7S2.C15H16N2O3S2.C2H5I.C2H6.CH2Cl2/c26-21(30-13-14-33-34-20-3-1-2-12-23-20)24-17-6-4-16(5-7-17)15-31-22(27)32-19-10-8-18(9-11-19)25(28)29;18-11-12-4-6-13(7-5-12)17-15(19)20-9-10-21-22-14-3-1-2-8-16-14;1-2-3;1-2;2-1-3/h1-12H,13-15H2,(H,24,26);1-8,18H,9-11H2,(H,17,19);2H2,1H3;1-2H3;1H2. The van der Waals surface area contributed by atoms with E-state index in [1.807, 2.05) is 50.2 Å². The van der Waals surface area contributed by atoms with E-state index >= 15 is 0 Å². The maximum Gasteiger partial charge on any atom is 0.514 e. The first-order chi connectivity index (χ1) is 31.1. The van der Waals surface area contributed by atoms with Crippen LogP contribution in [0.25, 0.3) is 0 Å². The molecule has 3 N–H and O–H groups in total. The Morgan fingerprint density at radius 3 is 1.55 bits per heavy atom. The van der Waals surface area contributed by atoms with Gasteiger partial charge in [-0.2, -0.15) is 0 Å². The van der Waals surface area contributed by atoms with Crippen LogP contribution in [0, 0.1) is 10.1 Å². The first-order valence-electron chi connectivity index (χ1n) is 18.9. The van der Waals surface area contributed by atoms with E-state index in [9.17, 15) is 24.5 Å². The second-order valence-electron chi connectivity index (χ2n) is 11.0. The Morgan fingerprint density at radius 1 is 0.719 bits per heavy atom. The summed E-state index contributed by atoms with van der Waals surface area (Å²) in [6, 6.07) is 30.0. The molecule has 3 aromatic carbocycles. The van der Waals surface area contributed by atoms with E-state index in [0.29, 0.717) is 35.1 Å². The number of aromatic nitrogens is 2. The molecular weight excluding hydrogens is 1060 g/mol. The lowest BCUT2D eigenvalue weighted by Gasteiger charge is -2.08. The van der Waals surface area contributed by atoms with Gasteiger partial charge in [0.05, 0.1) is 16.9 Å². The summed E-state index contributed by atoms with van der Waals surface area (Å²) >= 11 is 11.8. The number of non-ortho nitro benzene ring substituents is 1. The van der Waals surface area contributed by atoms with Crippen molar-refractivity contribution in [3.8, 4) is 5.75 Å². The molecule has 0 aliphatic rings. The van der Waals surface area contributed by atoms with E-state index in [0.717, 1.165) is 15.6 Å². The quantitative estimate of drug-likeness (QED) is 0.00912. The first-order valence-corrected chi connectivity index (χ1v) is 26.2. The minimum atomic E-state index is -0.946. The Bertz CT molecular complexity index is 2010. The third-order valence-electron chi connectivity index (χ3n) is 6.55. The number of carbonyl (C=O) groups excluding carboxylic acids is 3. The van der Waals surface area contributed by atoms with Gasteiger partial charge in [0.15, 0.2) is 0 Å². The van der Waals surface area contributed by atoms with E-state index < -0.39 is 23.3 Å². The summed E-state index contributed by atoms with van der Waals surface area (Å²) in [5.41, 5.74) is 2.51. The zero-order valence-corrected chi connectivity index (χ0v) is 41.9. The SMILES string of the molecule is CC.CCI.ClCCl.O=C(Nc1ccc(CO)cc1)OCCSSc1ccccn1.O=C(Nc1ccc(COC(=O)Oc2ccc([N+](=O)[O-])cc2)cc1)OCCSSc1ccccn1. The van der Waals surface area contributed by atoms with Crippen LogP contribution in [0.4, 0.5) is 31.4 Å². The fourth-order valence-corrected chi connectivity index (χ4v) is 7.33. The third-order valence-corrected chi connectivity index (χ3v) is 11.0. The second kappa shape index (κ2) is 38.1. The summed E-state index contributed by atoms with van der Waals surface area (Å²) in [4.78, 5) is 53.7. The van der Waals surface area contributed by atoms with E-state index in [2.05, 4.69) is 50.1 Å². The molecule has 15 nitrogen and oxygen atoms in total. The molecule has 2 amide bonds. The molecular formula is C42H48Cl2IN5O10S4. The van der Waals surface area contributed by atoms with Crippen molar-refractivity contribution in [2.24, 2.45) is 0 Å². The van der Waals surface area contributed by atoms with E-state index in [-0.39, 0.29) is 36.6 Å². The number of nitrogens with zero attached hydrogens (tertiary/aromatic N) is 3. The molecule has 0 saturated heterocycles. The molecule has 64 heavy (non-hydrogen) atoms. The van der Waals surface area contributed by atoms with Crippen LogP contribution in [0.15, 0.2) is 132 Å². The van der Waals surface area contributed by atoms with Gasteiger partial charge in [0.1, 0.15) is 35.6 Å². The van der Waals surface area contributed by atoms with Crippen LogP contribution in [0.3, 0.4) is 0 Å². The van der Waals surface area contributed by atoms with Crippen molar-refractivity contribution in [3.05, 3.63) is 143 Å². The lowest BCUT2D eigenvalue weighted by atomic mass is 10.2. The van der Waals surface area contributed by atoms with Crippen molar-refractivity contribution in [2.75, 3.05) is 45.1 Å². The molecule has 346 valence electrons. The van der Waals surface area contributed by atoms with Crippen LogP contribution in [-0.4, -0.2) is 72.8 Å². The topological polar surface area (TPSA) is 201 Å². The van der Waals surface area contributed by atoms with E-state index in [1.54, 1.807) is 82.5 Å². The minimum absolute atomic E-state index is 0.0180. The van der Waals surface area contributed by atoms with Gasteiger partial charge in [-0.25, -0.2) is 24.4 Å². The average Bonchev–Trinajstić information content (AvgIpc) is 3.31. The zero-order valence-electron chi connectivity index (χ0n) is 34.9. The number of anilines is 2. The molecule has 2 aromatic heterocycles. The first kappa shape index (κ1) is 57.9. The molecule has 0 bridgehead atoms. The third kappa shape index (κ3) is 28.6. The van der Waals surface area contributed by atoms with Crippen LogP contribution in [0.2, 0.25) is 0 Å². The lowest BCUT2D eigenvalue weighted by Crippen LogP contribution is -2.15. The maximum atomic E-state index is 11.9. The highest BCUT2D eigenvalue weighted by atomic mass is 127. The van der Waals surface area contributed by atoms with Crippen molar-refractivity contribution < 1.29 is 43.4 Å². The van der Waals surface area contributed by atoms with Crippen molar-refractivity contribution >= 4 is 124 Å². The Hall–Kier alpha value is -4.16. The van der Waals surface area contributed by atoms with Gasteiger partial charge in [-0.15, -0.1) is 23.2 Å². The molecule has 0 unspecified atom stereocenters. The number of nitro groups is 1. The van der Waals surface area contributed by atoms with Gasteiger partial charge < -0.3 is 24.1 Å². The largest absolute Gasteiger partial charge is 0.514 e. The van der Waals surface area contributed by atoms with E-state index in [1.165, 1.54) is 50.3 Å². The fraction of sp³-hybridized carbons (Fsp3) is 0.262. The molecule has 22 heteroatoms. The van der Waals surface area contributed by atoms with Crippen molar-refractivity contribution in [3.63, 3.8) is 0 Å². The Morgan fingerprint density at radius 2 is 1.16 bits per heavy atom. The summed E-state index contributed by atoms with van der Waals surface area (Å²) in [7, 11) is 6.18. The second-order valence-corrected chi connectivity index (χ2v) is 18.2. The number of nitrogens with one attached hydrogen (secondary N) is 2. The van der Waals surface area contributed by atoms with Crippen LogP contribution in [0.5, 0.6) is 5.75 Å². The highest BCUT2D eigenvalue weighted by molar-refractivity contribution is 14.1. The van der Waals surface area contributed by atoms with Gasteiger partial charge in [-0.05, 0) is 97.8 Å². The molecule has 0 radical (unpaired) electrons. The number of pyridine rings is 2. The number of hydrogen-bond donors (Lipinski definition) is 3. The molecule has 0 aliphatic heterocycles. The number of ether oxygens (including phenoxy) is 4. The summed E-state index contributed by atoms with van der Waals surface area (Å²) in [6.07, 6.45) is 1.46. The van der Waals surface area contributed by atoms with Gasteiger partial charge in [0.25, 0.3) is 5.69 Å². The highest BCUT2D eigenvalue weighted by Gasteiger charge is 2.10. The van der Waals surface area contributed by atoms with Crippen LogP contribution in [-0.2, 0) is 27.4 Å². The summed E-state index contributed by atoms with van der Waals surface area (Å²) < 4.78 is 21.4. The number of halogens is 3. The lowest BCUT2D eigenvalue weighted by molar-refractivity contribution is -0.384.